The first kappa shape index (κ1) is 16.4. The summed E-state index contributed by atoms with van der Waals surface area (Å²) in [7, 11) is 4.12. The van der Waals surface area contributed by atoms with E-state index in [-0.39, 0.29) is 11.9 Å². The van der Waals surface area contributed by atoms with Crippen LogP contribution in [0.4, 0.5) is 0 Å². The predicted octanol–water partition coefficient (Wildman–Crippen LogP) is 1.36. The van der Waals surface area contributed by atoms with Crippen LogP contribution in [-0.2, 0) is 9.53 Å². The van der Waals surface area contributed by atoms with Crippen LogP contribution in [-0.4, -0.2) is 50.7 Å². The molecule has 0 aromatic heterocycles. The number of carbonyl (C=O) groups is 1. The minimum Gasteiger partial charge on any atom is -0.466 e. The van der Waals surface area contributed by atoms with E-state index >= 15 is 0 Å². The summed E-state index contributed by atoms with van der Waals surface area (Å²) in [5.41, 5.74) is 0. The quantitative estimate of drug-likeness (QED) is 0.655. The molecule has 0 radical (unpaired) electrons. The summed E-state index contributed by atoms with van der Waals surface area (Å²) >= 11 is 0. The number of nitrogens with one attached hydrogen (secondary N) is 1. The third-order valence-electron chi connectivity index (χ3n) is 2.74. The normalized spacial score (nSPS) is 15.1. The second-order valence-corrected chi connectivity index (χ2v) is 5.17. The van der Waals surface area contributed by atoms with Crippen LogP contribution >= 0.6 is 0 Å². The number of hydrogen-bond donors (Lipinski definition) is 1. The first-order valence-corrected chi connectivity index (χ1v) is 6.43. The molecule has 0 bridgehead atoms. The molecule has 0 rings (SSSR count). The van der Waals surface area contributed by atoms with E-state index < -0.39 is 0 Å². The molecule has 2 atom stereocenters. The van der Waals surface area contributed by atoms with Crippen molar-refractivity contribution in [2.24, 2.45) is 11.8 Å². The molecule has 0 amide bonds. The molecule has 2 unspecified atom stereocenters. The SMILES string of the molecule is CCOC(=O)C(C)CNC(CN(C)C)C(C)C. The van der Waals surface area contributed by atoms with Gasteiger partial charge in [0.15, 0.2) is 0 Å². The fourth-order valence-corrected chi connectivity index (χ4v) is 1.60. The zero-order chi connectivity index (χ0) is 13.4. The van der Waals surface area contributed by atoms with Crippen LogP contribution in [0, 0.1) is 11.8 Å². The van der Waals surface area contributed by atoms with E-state index in [2.05, 4.69) is 38.2 Å². The maximum atomic E-state index is 11.5. The molecule has 0 aromatic carbocycles. The van der Waals surface area contributed by atoms with Crippen LogP contribution in [0.5, 0.6) is 0 Å². The Morgan fingerprint density at radius 1 is 1.29 bits per heavy atom. The Morgan fingerprint density at radius 2 is 1.88 bits per heavy atom. The average molecular weight is 244 g/mol. The Kier molecular flexibility index (Phi) is 8.17. The molecule has 0 fully saturated rings. The van der Waals surface area contributed by atoms with Crippen LogP contribution < -0.4 is 5.32 Å². The summed E-state index contributed by atoms with van der Waals surface area (Å²) in [6, 6.07) is 0.405. The van der Waals surface area contributed by atoms with Crippen LogP contribution in [0.3, 0.4) is 0 Å². The van der Waals surface area contributed by atoms with Crippen LogP contribution in [0.25, 0.3) is 0 Å². The minimum atomic E-state index is -0.118. The van der Waals surface area contributed by atoms with Crippen molar-refractivity contribution in [2.45, 2.75) is 33.7 Å². The number of esters is 1. The largest absolute Gasteiger partial charge is 0.466 e. The summed E-state index contributed by atoms with van der Waals surface area (Å²) in [6.45, 7) is 10.2. The van der Waals surface area contributed by atoms with Gasteiger partial charge in [-0.15, -0.1) is 0 Å². The average Bonchev–Trinajstić information content (AvgIpc) is 2.23. The molecule has 1 N–H and O–H groups in total. The van der Waals surface area contributed by atoms with Gasteiger partial charge in [-0.25, -0.2) is 0 Å². The number of ether oxygens (including phenoxy) is 1. The van der Waals surface area contributed by atoms with Crippen molar-refractivity contribution >= 4 is 5.97 Å². The Labute approximate surface area is 106 Å². The monoisotopic (exact) mass is 244 g/mol. The maximum Gasteiger partial charge on any atom is 0.309 e. The van der Waals surface area contributed by atoms with E-state index in [0.29, 0.717) is 25.1 Å². The van der Waals surface area contributed by atoms with Crippen molar-refractivity contribution in [3.63, 3.8) is 0 Å². The molecule has 102 valence electrons. The van der Waals surface area contributed by atoms with Crippen molar-refractivity contribution in [1.82, 2.24) is 10.2 Å². The van der Waals surface area contributed by atoms with E-state index in [1.165, 1.54) is 0 Å². The molecular weight excluding hydrogens is 216 g/mol. The minimum absolute atomic E-state index is 0.0848. The highest BCUT2D eigenvalue weighted by Crippen LogP contribution is 2.05. The molecule has 0 aliphatic carbocycles. The summed E-state index contributed by atoms with van der Waals surface area (Å²) in [4.78, 5) is 13.6. The molecule has 4 nitrogen and oxygen atoms in total. The lowest BCUT2D eigenvalue weighted by atomic mass is 10.0. The van der Waals surface area contributed by atoms with E-state index in [4.69, 9.17) is 4.74 Å². The van der Waals surface area contributed by atoms with Gasteiger partial charge in [0, 0.05) is 19.1 Å². The highest BCUT2D eigenvalue weighted by molar-refractivity contribution is 5.72. The highest BCUT2D eigenvalue weighted by Gasteiger charge is 2.18. The second kappa shape index (κ2) is 8.48. The number of carbonyl (C=O) groups excluding carboxylic acids is 1. The van der Waals surface area contributed by atoms with Crippen LogP contribution in [0.2, 0.25) is 0 Å². The predicted molar refractivity (Wildman–Crippen MR) is 71.0 cm³/mol. The number of rotatable bonds is 8. The zero-order valence-corrected chi connectivity index (χ0v) is 12.1. The third kappa shape index (κ3) is 7.34. The Hall–Kier alpha value is -0.610. The molecule has 0 aliphatic rings. The lowest BCUT2D eigenvalue weighted by molar-refractivity contribution is -0.147. The molecule has 0 aliphatic heterocycles. The summed E-state index contributed by atoms with van der Waals surface area (Å²) in [5.74, 6) is 0.345. The summed E-state index contributed by atoms with van der Waals surface area (Å²) < 4.78 is 4.99. The van der Waals surface area contributed by atoms with Crippen LogP contribution in [0.15, 0.2) is 0 Å². The highest BCUT2D eigenvalue weighted by atomic mass is 16.5. The van der Waals surface area contributed by atoms with Gasteiger partial charge in [0.2, 0.25) is 0 Å². The van der Waals surface area contributed by atoms with Crippen molar-refractivity contribution in [3.05, 3.63) is 0 Å². The van der Waals surface area contributed by atoms with Crippen LogP contribution in [0.1, 0.15) is 27.7 Å². The molecule has 0 heterocycles. The van der Waals surface area contributed by atoms with Gasteiger partial charge in [0.25, 0.3) is 0 Å². The summed E-state index contributed by atoms with van der Waals surface area (Å²) in [6.07, 6.45) is 0. The second-order valence-electron chi connectivity index (χ2n) is 5.17. The van der Waals surface area contributed by atoms with Crippen molar-refractivity contribution < 1.29 is 9.53 Å². The van der Waals surface area contributed by atoms with Crippen molar-refractivity contribution in [2.75, 3.05) is 33.8 Å². The molecule has 17 heavy (non-hydrogen) atoms. The fraction of sp³-hybridized carbons (Fsp3) is 0.923. The van der Waals surface area contributed by atoms with Gasteiger partial charge >= 0.3 is 5.97 Å². The van der Waals surface area contributed by atoms with Gasteiger partial charge in [0.1, 0.15) is 0 Å². The smallest absolute Gasteiger partial charge is 0.309 e. The molecule has 0 spiro atoms. The van der Waals surface area contributed by atoms with E-state index in [9.17, 15) is 4.79 Å². The van der Waals surface area contributed by atoms with Gasteiger partial charge in [-0.2, -0.15) is 0 Å². The standard InChI is InChI=1S/C13H28N2O2/c1-7-17-13(16)11(4)8-14-12(10(2)3)9-15(5)6/h10-12,14H,7-9H2,1-6H3. The molecule has 0 saturated carbocycles. The molecule has 0 aromatic rings. The number of likely N-dealkylation sites (N-methyl/N-ethyl adjacent to an activating group) is 1. The first-order valence-electron chi connectivity index (χ1n) is 6.43. The Balaban J connectivity index is 4.07. The van der Waals surface area contributed by atoms with E-state index in [0.717, 1.165) is 6.54 Å². The van der Waals surface area contributed by atoms with Gasteiger partial charge in [-0.3, -0.25) is 4.79 Å². The van der Waals surface area contributed by atoms with Gasteiger partial charge in [-0.05, 0) is 26.9 Å². The Bertz CT molecular complexity index is 217. The van der Waals surface area contributed by atoms with Gasteiger partial charge in [0.05, 0.1) is 12.5 Å². The molecule has 4 heteroatoms. The van der Waals surface area contributed by atoms with Gasteiger partial charge < -0.3 is 15.0 Å². The lowest BCUT2D eigenvalue weighted by Gasteiger charge is -2.26. The maximum absolute atomic E-state index is 11.5. The van der Waals surface area contributed by atoms with Gasteiger partial charge in [-0.1, -0.05) is 20.8 Å². The molecular formula is C13H28N2O2. The topological polar surface area (TPSA) is 41.6 Å². The number of nitrogens with zero attached hydrogens (tertiary/aromatic N) is 1. The third-order valence-corrected chi connectivity index (χ3v) is 2.74. The van der Waals surface area contributed by atoms with E-state index in [1.807, 2.05) is 13.8 Å². The fourth-order valence-electron chi connectivity index (χ4n) is 1.60. The zero-order valence-electron chi connectivity index (χ0n) is 12.1. The summed E-state index contributed by atoms with van der Waals surface area (Å²) in [5, 5.41) is 3.45. The number of hydrogen-bond acceptors (Lipinski definition) is 4. The lowest BCUT2D eigenvalue weighted by Crippen LogP contribution is -2.44. The van der Waals surface area contributed by atoms with E-state index in [1.54, 1.807) is 0 Å². The Morgan fingerprint density at radius 3 is 2.29 bits per heavy atom. The molecule has 0 saturated heterocycles. The van der Waals surface area contributed by atoms with Crippen molar-refractivity contribution in [1.29, 1.82) is 0 Å². The first-order chi connectivity index (χ1) is 7.88. The van der Waals surface area contributed by atoms with Crippen molar-refractivity contribution in [3.8, 4) is 0 Å².